The number of rotatable bonds is 4. The number of hydrogen-bond donors (Lipinski definition) is 0. The van der Waals surface area contributed by atoms with E-state index < -0.39 is 0 Å². The fourth-order valence-electron chi connectivity index (χ4n) is 8.76. The lowest BCUT2D eigenvalue weighted by Crippen LogP contribution is -2.53. The van der Waals surface area contributed by atoms with Crippen molar-refractivity contribution in [3.8, 4) is 6.26 Å². The Balaban J connectivity index is 1.50. The van der Waals surface area contributed by atoms with Crippen LogP contribution >= 0.6 is 0 Å². The van der Waals surface area contributed by atoms with Crippen molar-refractivity contribution < 1.29 is 4.74 Å². The van der Waals surface area contributed by atoms with Crippen LogP contribution < -0.4 is 0 Å². The quantitative estimate of drug-likeness (QED) is 0.421. The molecule has 0 radical (unpaired) electrons. The molecule has 0 saturated heterocycles. The van der Waals surface area contributed by atoms with E-state index in [9.17, 15) is 0 Å². The van der Waals surface area contributed by atoms with E-state index in [4.69, 9.17) is 10.00 Å². The van der Waals surface area contributed by atoms with E-state index in [2.05, 4.69) is 20.8 Å². The molecule has 2 nitrogen and oxygen atoms in total. The van der Waals surface area contributed by atoms with Gasteiger partial charge in [0.25, 0.3) is 6.26 Å². The first-order chi connectivity index (χ1) is 12.5. The fourth-order valence-corrected chi connectivity index (χ4v) is 8.76. The van der Waals surface area contributed by atoms with Crippen LogP contribution in [0, 0.1) is 57.9 Å². The summed E-state index contributed by atoms with van der Waals surface area (Å²) in [5.41, 5.74) is 1.21. The van der Waals surface area contributed by atoms with Gasteiger partial charge in [-0.3, -0.25) is 0 Å². The van der Waals surface area contributed by atoms with Crippen molar-refractivity contribution in [2.75, 3.05) is 6.61 Å². The van der Waals surface area contributed by atoms with Crippen LogP contribution in [-0.2, 0) is 4.74 Å². The molecule has 4 saturated carbocycles. The molecule has 146 valence electrons. The number of fused-ring (bicyclic) bond motifs is 5. The van der Waals surface area contributed by atoms with Crippen LogP contribution in [-0.4, -0.2) is 6.61 Å². The van der Waals surface area contributed by atoms with Gasteiger partial charge in [0.1, 0.15) is 6.61 Å². The maximum atomic E-state index is 8.66. The summed E-state index contributed by atoms with van der Waals surface area (Å²) in [6.45, 7) is 8.36. The summed E-state index contributed by atoms with van der Waals surface area (Å²) in [5, 5.41) is 8.66. The molecular weight excluding hydrogens is 318 g/mol. The highest BCUT2D eigenvalue weighted by atomic mass is 16.5. The van der Waals surface area contributed by atoms with Gasteiger partial charge in [0.05, 0.1) is 0 Å². The Morgan fingerprint density at radius 2 is 1.77 bits per heavy atom. The van der Waals surface area contributed by atoms with Crippen LogP contribution in [0.3, 0.4) is 0 Å². The highest BCUT2D eigenvalue weighted by Crippen LogP contribution is 2.68. The van der Waals surface area contributed by atoms with Gasteiger partial charge in [-0.15, -0.1) is 0 Å². The summed E-state index contributed by atoms with van der Waals surface area (Å²) in [5.74, 6) is 5.53. The van der Waals surface area contributed by atoms with Crippen molar-refractivity contribution in [2.45, 2.75) is 91.4 Å². The lowest BCUT2D eigenvalue weighted by atomic mass is 9.44. The third-order valence-electron chi connectivity index (χ3n) is 10.1. The van der Waals surface area contributed by atoms with E-state index in [-0.39, 0.29) is 0 Å². The summed E-state index contributed by atoms with van der Waals surface area (Å²) >= 11 is 0. The zero-order valence-corrected chi connectivity index (χ0v) is 17.3. The van der Waals surface area contributed by atoms with Gasteiger partial charge in [0.15, 0.2) is 0 Å². The molecule has 2 heteroatoms. The van der Waals surface area contributed by atoms with Gasteiger partial charge in [0.2, 0.25) is 0 Å². The third-order valence-corrected chi connectivity index (χ3v) is 10.1. The summed E-state index contributed by atoms with van der Waals surface area (Å²) < 4.78 is 5.00. The van der Waals surface area contributed by atoms with Gasteiger partial charge < -0.3 is 4.74 Å². The number of nitrogens with zero attached hydrogens (tertiary/aromatic N) is 1. The Morgan fingerprint density at radius 3 is 2.58 bits per heavy atom. The predicted molar refractivity (Wildman–Crippen MR) is 105 cm³/mol. The molecule has 0 spiro atoms. The maximum Gasteiger partial charge on any atom is 0.286 e. The molecule has 4 rings (SSSR count). The largest absolute Gasteiger partial charge is 0.428 e. The summed E-state index contributed by atoms with van der Waals surface area (Å²) in [7, 11) is 0. The second-order valence-electron chi connectivity index (χ2n) is 10.8. The van der Waals surface area contributed by atoms with Crippen molar-refractivity contribution in [1.82, 2.24) is 0 Å². The van der Waals surface area contributed by atoms with Gasteiger partial charge in [-0.2, -0.15) is 5.26 Å². The molecule has 0 aliphatic heterocycles. The second kappa shape index (κ2) is 7.03. The highest BCUT2D eigenvalue weighted by molar-refractivity contribution is 5.09. The Hall–Kier alpha value is -0.710. The first kappa shape index (κ1) is 18.6. The molecule has 0 aromatic rings. The molecular formula is C24H39NO. The molecule has 26 heavy (non-hydrogen) atoms. The summed E-state index contributed by atoms with van der Waals surface area (Å²) in [4.78, 5) is 0. The first-order valence-corrected chi connectivity index (χ1v) is 11.5. The lowest BCUT2D eigenvalue weighted by Gasteiger charge is -2.61. The zero-order chi connectivity index (χ0) is 18.4. The van der Waals surface area contributed by atoms with E-state index in [0.717, 1.165) is 36.0 Å². The number of nitriles is 1. The van der Waals surface area contributed by atoms with Crippen LogP contribution in [0.1, 0.15) is 91.4 Å². The smallest absolute Gasteiger partial charge is 0.286 e. The molecule has 8 atom stereocenters. The fraction of sp³-hybridized carbons (Fsp3) is 0.958. The molecule has 4 fully saturated rings. The van der Waals surface area contributed by atoms with Crippen LogP contribution in [0.25, 0.3) is 0 Å². The van der Waals surface area contributed by atoms with Gasteiger partial charge in [0, 0.05) is 0 Å². The molecule has 0 aromatic carbocycles. The Bertz CT molecular complexity index is 553. The molecule has 0 bridgehead atoms. The topological polar surface area (TPSA) is 33.0 Å². The van der Waals surface area contributed by atoms with E-state index in [1.54, 1.807) is 0 Å². The lowest BCUT2D eigenvalue weighted by molar-refractivity contribution is -0.114. The van der Waals surface area contributed by atoms with Crippen LogP contribution in [0.2, 0.25) is 0 Å². The SMILES string of the molecule is C[C@H](CCOC#N)C1CCC2C3CCC4CCCCC4(C)C3CCC21C. The number of hydrogen-bond acceptors (Lipinski definition) is 2. The molecule has 0 aromatic heterocycles. The number of ether oxygens (including phenoxy) is 1. The van der Waals surface area contributed by atoms with E-state index in [1.807, 2.05) is 6.26 Å². The Kier molecular flexibility index (Phi) is 5.04. The Labute approximate surface area is 161 Å². The molecule has 4 aliphatic rings. The first-order valence-electron chi connectivity index (χ1n) is 11.5. The van der Waals surface area contributed by atoms with Crippen molar-refractivity contribution >= 4 is 0 Å². The third kappa shape index (κ3) is 2.80. The zero-order valence-electron chi connectivity index (χ0n) is 17.3. The van der Waals surface area contributed by atoms with Crippen molar-refractivity contribution in [2.24, 2.45) is 46.3 Å². The van der Waals surface area contributed by atoms with Crippen molar-refractivity contribution in [3.05, 3.63) is 0 Å². The van der Waals surface area contributed by atoms with E-state index >= 15 is 0 Å². The average Bonchev–Trinajstić information content (AvgIpc) is 2.98. The van der Waals surface area contributed by atoms with Gasteiger partial charge in [-0.1, -0.05) is 33.6 Å². The normalized spacial score (nSPS) is 48.6. The van der Waals surface area contributed by atoms with E-state index in [1.165, 1.54) is 64.2 Å². The molecule has 0 N–H and O–H groups in total. The average molecular weight is 358 g/mol. The highest BCUT2D eigenvalue weighted by Gasteiger charge is 2.60. The van der Waals surface area contributed by atoms with Gasteiger partial charge in [-0.25, -0.2) is 0 Å². The van der Waals surface area contributed by atoms with Crippen LogP contribution in [0.15, 0.2) is 0 Å². The predicted octanol–water partition coefficient (Wildman–Crippen LogP) is 6.56. The van der Waals surface area contributed by atoms with Crippen molar-refractivity contribution in [1.29, 1.82) is 5.26 Å². The molecule has 7 unspecified atom stereocenters. The monoisotopic (exact) mass is 357 g/mol. The minimum absolute atomic E-state index is 0.547. The van der Waals surface area contributed by atoms with Crippen LogP contribution in [0.4, 0.5) is 0 Å². The summed E-state index contributed by atoms with van der Waals surface area (Å²) in [6, 6.07) is 0. The molecule has 0 heterocycles. The van der Waals surface area contributed by atoms with Crippen molar-refractivity contribution in [3.63, 3.8) is 0 Å². The minimum atomic E-state index is 0.547. The maximum absolute atomic E-state index is 8.66. The second-order valence-corrected chi connectivity index (χ2v) is 10.8. The van der Waals surface area contributed by atoms with Crippen LogP contribution in [0.5, 0.6) is 0 Å². The molecule has 0 amide bonds. The van der Waals surface area contributed by atoms with Gasteiger partial charge >= 0.3 is 0 Å². The molecule has 4 aliphatic carbocycles. The Morgan fingerprint density at radius 1 is 0.962 bits per heavy atom. The minimum Gasteiger partial charge on any atom is -0.428 e. The summed E-state index contributed by atoms with van der Waals surface area (Å²) in [6.07, 6.45) is 17.7. The standard InChI is InChI=1S/C24H39NO/c1-17(12-15-26-16-25)20-9-10-21-19-8-7-18-6-4-5-13-23(18,2)22(19)11-14-24(20,21)3/h17-22H,4-15H2,1-3H3/t17-,18?,19?,20?,21?,22?,23?,24?/m1/s1. The van der Waals surface area contributed by atoms with Gasteiger partial charge in [-0.05, 0) is 104 Å². The van der Waals surface area contributed by atoms with E-state index in [0.29, 0.717) is 23.4 Å².